The summed E-state index contributed by atoms with van der Waals surface area (Å²) in [5, 5.41) is 8.24. The summed E-state index contributed by atoms with van der Waals surface area (Å²) in [7, 11) is 1.56. The molecular weight excluding hydrogens is 676 g/mol. The van der Waals surface area contributed by atoms with Gasteiger partial charge >= 0.3 is 12.1 Å². The predicted octanol–water partition coefficient (Wildman–Crippen LogP) is 7.49. The van der Waals surface area contributed by atoms with Crippen LogP contribution in [0.15, 0.2) is 54.9 Å². The first-order valence-electron chi connectivity index (χ1n) is 16.8. The fourth-order valence-corrected chi connectivity index (χ4v) is 6.19. The molecule has 0 aliphatic heterocycles. The Morgan fingerprint density at radius 1 is 1.06 bits per heavy atom. The average molecular weight is 721 g/mol. The van der Waals surface area contributed by atoms with Gasteiger partial charge in [-0.05, 0) is 74.9 Å². The average Bonchev–Trinajstić information content (AvgIpc) is 3.79. The topological polar surface area (TPSA) is 144 Å². The van der Waals surface area contributed by atoms with Crippen LogP contribution >= 0.6 is 11.3 Å². The van der Waals surface area contributed by atoms with Gasteiger partial charge in [0.25, 0.3) is 0 Å². The number of carbonyl (C=O) groups is 3. The van der Waals surface area contributed by atoms with E-state index >= 15 is 4.39 Å². The Morgan fingerprint density at radius 2 is 1.82 bits per heavy atom. The number of alkyl carbamates (subject to hydrolysis) is 1. The molecule has 51 heavy (non-hydrogen) atoms. The lowest BCUT2D eigenvalue weighted by Gasteiger charge is -2.35. The highest BCUT2D eigenvalue weighted by Gasteiger charge is 2.37. The summed E-state index contributed by atoms with van der Waals surface area (Å²) in [6, 6.07) is 10.5. The lowest BCUT2D eigenvalue weighted by Crippen LogP contribution is -2.55. The van der Waals surface area contributed by atoms with E-state index in [4.69, 9.17) is 19.2 Å². The molecular formula is C37H45FN6O6S. The highest BCUT2D eigenvalue weighted by molar-refractivity contribution is 7.22. The summed E-state index contributed by atoms with van der Waals surface area (Å²) in [5.41, 5.74) is 0.829. The molecule has 3 aromatic heterocycles. The number of ether oxygens (including phenoxy) is 3. The first-order chi connectivity index (χ1) is 24.1. The van der Waals surface area contributed by atoms with Gasteiger partial charge in [-0.3, -0.25) is 14.8 Å². The van der Waals surface area contributed by atoms with Crippen molar-refractivity contribution < 1.29 is 33.0 Å². The third-order valence-corrected chi connectivity index (χ3v) is 8.95. The Balaban J connectivity index is 1.37. The molecule has 0 spiro atoms. The van der Waals surface area contributed by atoms with Crippen molar-refractivity contribution in [2.45, 2.75) is 78.6 Å². The summed E-state index contributed by atoms with van der Waals surface area (Å²) >= 11 is 1.41. The lowest BCUT2D eigenvalue weighted by atomic mass is 9.85. The number of nitrogens with one attached hydrogen (secondary N) is 3. The van der Waals surface area contributed by atoms with E-state index in [1.807, 2.05) is 45.0 Å². The molecule has 3 N–H and O–H groups in total. The van der Waals surface area contributed by atoms with Crippen LogP contribution in [0.3, 0.4) is 0 Å². The highest BCUT2D eigenvalue weighted by atomic mass is 32.1. The normalized spacial score (nSPS) is 13.7. The monoisotopic (exact) mass is 720 g/mol. The van der Waals surface area contributed by atoms with Crippen LogP contribution in [0.2, 0.25) is 0 Å². The van der Waals surface area contributed by atoms with E-state index in [1.165, 1.54) is 23.5 Å². The minimum absolute atomic E-state index is 0.0351. The Bertz CT molecular complexity index is 1870. The number of anilines is 1. The van der Waals surface area contributed by atoms with Gasteiger partial charge in [-0.2, -0.15) is 0 Å². The van der Waals surface area contributed by atoms with Crippen LogP contribution in [0, 0.1) is 11.2 Å². The largest absolute Gasteiger partial charge is 0.450 e. The van der Waals surface area contributed by atoms with Gasteiger partial charge in [0.05, 0.1) is 21.9 Å². The van der Waals surface area contributed by atoms with Crippen LogP contribution in [-0.4, -0.2) is 70.8 Å². The molecule has 1 aliphatic rings. The molecule has 4 amide bonds. The standard InChI is InChI=1S/C37H45FN6O6S/c1-36(2,3)32(43-35(47)50-37(4,5)6)33(45)44(17-18-48-7)21-22-10-14-26(40-20-22)31-30(29-28(51-31)9-8-16-39-29)49-27-15-13-24(19-25(27)38)42-34(46)41-23-11-12-23/h8-10,13-16,19-20,23,32H,11-12,17-18,21H2,1-7H3,(H,43,47)(H2,41,42,46)/t32-/m1/s1. The van der Waals surface area contributed by atoms with Crippen LogP contribution in [0.1, 0.15) is 59.9 Å². The zero-order valence-electron chi connectivity index (χ0n) is 30.0. The number of aromatic nitrogens is 2. The lowest BCUT2D eigenvalue weighted by molar-refractivity contribution is -0.137. The van der Waals surface area contributed by atoms with Gasteiger partial charge < -0.3 is 35.1 Å². The van der Waals surface area contributed by atoms with Gasteiger partial charge in [-0.15, -0.1) is 11.3 Å². The zero-order valence-corrected chi connectivity index (χ0v) is 30.8. The third kappa shape index (κ3) is 10.1. The first-order valence-corrected chi connectivity index (χ1v) is 17.6. The maximum Gasteiger partial charge on any atom is 0.408 e. The van der Waals surface area contributed by atoms with Gasteiger partial charge in [-0.1, -0.05) is 26.8 Å². The smallest absolute Gasteiger partial charge is 0.408 e. The number of benzene rings is 1. The number of halogens is 1. The van der Waals surface area contributed by atoms with Gasteiger partial charge in [0.15, 0.2) is 17.3 Å². The van der Waals surface area contributed by atoms with E-state index in [9.17, 15) is 14.4 Å². The molecule has 3 heterocycles. The molecule has 1 aliphatic carbocycles. The summed E-state index contributed by atoms with van der Waals surface area (Å²) in [5.74, 6) is -0.626. The molecule has 0 unspecified atom stereocenters. The van der Waals surface area contributed by atoms with Crippen LogP contribution in [0.5, 0.6) is 11.5 Å². The summed E-state index contributed by atoms with van der Waals surface area (Å²) in [6.45, 7) is 11.7. The number of carbonyl (C=O) groups excluding carboxylic acids is 3. The van der Waals surface area contributed by atoms with Crippen molar-refractivity contribution in [2.75, 3.05) is 25.6 Å². The number of urea groups is 1. The van der Waals surface area contributed by atoms with Crippen molar-refractivity contribution in [1.82, 2.24) is 25.5 Å². The fourth-order valence-electron chi connectivity index (χ4n) is 5.12. The number of nitrogens with zero attached hydrogens (tertiary/aromatic N) is 3. The van der Waals surface area contributed by atoms with E-state index in [0.29, 0.717) is 27.5 Å². The Morgan fingerprint density at radius 3 is 2.45 bits per heavy atom. The Kier molecular flexibility index (Phi) is 11.5. The van der Waals surface area contributed by atoms with Crippen molar-refractivity contribution in [3.63, 3.8) is 0 Å². The molecule has 0 bridgehead atoms. The SMILES string of the molecule is COCCN(Cc1ccc(-c2sc3cccnc3c2Oc2ccc(NC(=O)NC3CC3)cc2F)nc1)C(=O)[C@@H](NC(=O)OC(C)(C)C)C(C)(C)C. The molecule has 1 atom stereocenters. The van der Waals surface area contributed by atoms with Crippen molar-refractivity contribution in [1.29, 1.82) is 0 Å². The van der Waals surface area contributed by atoms with E-state index < -0.39 is 29.0 Å². The second kappa shape index (κ2) is 15.6. The van der Waals surface area contributed by atoms with Crippen LogP contribution in [0.25, 0.3) is 20.8 Å². The molecule has 12 nitrogen and oxygen atoms in total. The second-order valence-electron chi connectivity index (χ2n) is 14.5. The molecule has 1 aromatic carbocycles. The minimum atomic E-state index is -0.868. The molecule has 4 aromatic rings. The Hall–Kier alpha value is -4.82. The van der Waals surface area contributed by atoms with E-state index in [1.54, 1.807) is 51.2 Å². The van der Waals surface area contributed by atoms with E-state index in [-0.39, 0.29) is 43.4 Å². The maximum atomic E-state index is 15.3. The predicted molar refractivity (Wildman–Crippen MR) is 194 cm³/mol. The second-order valence-corrected chi connectivity index (χ2v) is 15.5. The summed E-state index contributed by atoms with van der Waals surface area (Å²) in [4.78, 5) is 50.3. The number of amides is 4. The third-order valence-electron chi connectivity index (χ3n) is 7.80. The number of rotatable bonds is 12. The molecule has 0 saturated heterocycles. The molecule has 14 heteroatoms. The molecule has 272 valence electrons. The van der Waals surface area contributed by atoms with E-state index in [0.717, 1.165) is 23.1 Å². The van der Waals surface area contributed by atoms with Crippen molar-refractivity contribution >= 4 is 45.3 Å². The molecule has 0 radical (unpaired) electrons. The van der Waals surface area contributed by atoms with Crippen molar-refractivity contribution in [2.24, 2.45) is 5.41 Å². The zero-order chi connectivity index (χ0) is 36.9. The van der Waals surface area contributed by atoms with Crippen molar-refractivity contribution in [3.05, 3.63) is 66.2 Å². The molecule has 1 fully saturated rings. The number of fused-ring (bicyclic) bond motifs is 1. The number of hydrogen-bond donors (Lipinski definition) is 3. The van der Waals surface area contributed by atoms with Gasteiger partial charge in [0.2, 0.25) is 5.91 Å². The minimum Gasteiger partial charge on any atom is -0.450 e. The molecule has 5 rings (SSSR count). The first kappa shape index (κ1) is 37.4. The van der Waals surface area contributed by atoms with Crippen molar-refractivity contribution in [3.8, 4) is 22.1 Å². The number of thiophene rings is 1. The van der Waals surface area contributed by atoms with Gasteiger partial charge in [-0.25, -0.2) is 14.0 Å². The fraction of sp³-hybridized carbons (Fsp3) is 0.432. The number of methoxy groups -OCH3 is 1. The van der Waals surface area contributed by atoms with Crippen LogP contribution in [0.4, 0.5) is 19.7 Å². The van der Waals surface area contributed by atoms with Crippen LogP contribution < -0.4 is 20.7 Å². The summed E-state index contributed by atoms with van der Waals surface area (Å²) < 4.78 is 33.0. The Labute approximate surface area is 301 Å². The van der Waals surface area contributed by atoms with Gasteiger partial charge in [0, 0.05) is 50.4 Å². The highest BCUT2D eigenvalue weighted by Crippen LogP contribution is 2.45. The molecule has 1 saturated carbocycles. The maximum absolute atomic E-state index is 15.3. The van der Waals surface area contributed by atoms with Crippen LogP contribution in [-0.2, 0) is 20.8 Å². The number of pyridine rings is 2. The summed E-state index contributed by atoms with van der Waals surface area (Å²) in [6.07, 6.45) is 4.52. The number of hydrogen-bond acceptors (Lipinski definition) is 9. The van der Waals surface area contributed by atoms with E-state index in [2.05, 4.69) is 20.9 Å². The van der Waals surface area contributed by atoms with Gasteiger partial charge in [0.1, 0.15) is 17.2 Å². The quantitative estimate of drug-likeness (QED) is 0.137.